The molecule has 1 aromatic rings. The number of sulfonamides is 1. The molecule has 8 heteroatoms. The third kappa shape index (κ3) is 3.32. The lowest BCUT2D eigenvalue weighted by atomic mass is 10.3. The predicted molar refractivity (Wildman–Crippen MR) is 73.1 cm³/mol. The van der Waals surface area contributed by atoms with E-state index in [0.717, 1.165) is 19.0 Å². The summed E-state index contributed by atoms with van der Waals surface area (Å²) >= 11 is 0. The minimum atomic E-state index is -3.84. The maximum atomic E-state index is 13.6. The van der Waals surface area contributed by atoms with Gasteiger partial charge in [0.15, 0.2) is 5.82 Å². The number of nitrogens with two attached hydrogens (primary N) is 1. The first kappa shape index (κ1) is 15.3. The summed E-state index contributed by atoms with van der Waals surface area (Å²) in [6.45, 7) is 3.45. The fourth-order valence-electron chi connectivity index (χ4n) is 2.19. The molecule has 0 saturated carbocycles. The predicted octanol–water partition coefficient (Wildman–Crippen LogP) is -0.124. The van der Waals surface area contributed by atoms with Crippen molar-refractivity contribution >= 4 is 10.0 Å². The molecule has 2 N–H and O–H groups in total. The van der Waals surface area contributed by atoms with Gasteiger partial charge in [-0.25, -0.2) is 17.8 Å². The number of hydrogen-bond acceptors (Lipinski definition) is 5. The van der Waals surface area contributed by atoms with Gasteiger partial charge in [0.25, 0.3) is 10.0 Å². The molecule has 0 amide bonds. The highest BCUT2D eigenvalue weighted by Gasteiger charge is 2.31. The van der Waals surface area contributed by atoms with Crippen LogP contribution in [-0.4, -0.2) is 61.9 Å². The molecule has 0 aliphatic carbocycles. The molecule has 1 saturated heterocycles. The Labute approximate surface area is 118 Å². The van der Waals surface area contributed by atoms with E-state index in [0.29, 0.717) is 32.7 Å². The first-order chi connectivity index (χ1) is 9.55. The number of piperazine rings is 1. The second-order valence-corrected chi connectivity index (χ2v) is 6.53. The Morgan fingerprint density at radius 2 is 2.00 bits per heavy atom. The summed E-state index contributed by atoms with van der Waals surface area (Å²) in [4.78, 5) is 5.82. The highest BCUT2D eigenvalue weighted by Crippen LogP contribution is 2.18. The molecule has 0 bridgehead atoms. The van der Waals surface area contributed by atoms with Crippen molar-refractivity contribution in [3.8, 4) is 0 Å². The second kappa shape index (κ2) is 6.57. The number of pyridine rings is 1. The lowest BCUT2D eigenvalue weighted by molar-refractivity contribution is 0.187. The number of aromatic nitrogens is 1. The summed E-state index contributed by atoms with van der Waals surface area (Å²) in [5, 5.41) is -0.490. The molecular weight excluding hydrogens is 283 g/mol. The van der Waals surface area contributed by atoms with Crippen molar-refractivity contribution in [1.29, 1.82) is 0 Å². The van der Waals surface area contributed by atoms with Crippen LogP contribution in [0.5, 0.6) is 0 Å². The Kier molecular flexibility index (Phi) is 5.03. The van der Waals surface area contributed by atoms with Crippen LogP contribution in [0.3, 0.4) is 0 Å². The molecule has 1 aromatic heterocycles. The molecule has 0 radical (unpaired) electrons. The monoisotopic (exact) mass is 302 g/mol. The maximum absolute atomic E-state index is 13.6. The average Bonchev–Trinajstić information content (AvgIpc) is 2.46. The maximum Gasteiger partial charge on any atom is 0.263 e. The molecule has 2 heterocycles. The van der Waals surface area contributed by atoms with Crippen LogP contribution in [0.1, 0.15) is 6.42 Å². The van der Waals surface area contributed by atoms with E-state index >= 15 is 0 Å². The van der Waals surface area contributed by atoms with Crippen LogP contribution in [-0.2, 0) is 10.0 Å². The van der Waals surface area contributed by atoms with Gasteiger partial charge in [0.05, 0.1) is 0 Å². The fourth-order valence-corrected chi connectivity index (χ4v) is 3.59. The Bertz CT molecular complexity index is 544. The van der Waals surface area contributed by atoms with E-state index < -0.39 is 20.9 Å². The average molecular weight is 302 g/mol. The zero-order valence-corrected chi connectivity index (χ0v) is 12.0. The van der Waals surface area contributed by atoms with Gasteiger partial charge >= 0.3 is 0 Å². The molecule has 2 rings (SSSR count). The van der Waals surface area contributed by atoms with E-state index in [1.165, 1.54) is 16.6 Å². The van der Waals surface area contributed by atoms with Gasteiger partial charge in [-0.2, -0.15) is 4.31 Å². The van der Waals surface area contributed by atoms with Crippen molar-refractivity contribution in [2.45, 2.75) is 11.4 Å². The van der Waals surface area contributed by atoms with Gasteiger partial charge in [-0.3, -0.25) is 0 Å². The zero-order chi connectivity index (χ0) is 14.6. The van der Waals surface area contributed by atoms with Crippen molar-refractivity contribution < 1.29 is 12.8 Å². The van der Waals surface area contributed by atoms with Crippen molar-refractivity contribution in [2.75, 3.05) is 39.3 Å². The first-order valence-corrected chi connectivity index (χ1v) is 8.03. The number of rotatable bonds is 5. The van der Waals surface area contributed by atoms with E-state index in [-0.39, 0.29) is 0 Å². The van der Waals surface area contributed by atoms with Gasteiger partial charge < -0.3 is 10.6 Å². The van der Waals surface area contributed by atoms with Crippen LogP contribution >= 0.6 is 0 Å². The molecule has 1 aliphatic rings. The third-order valence-electron chi connectivity index (χ3n) is 3.32. The van der Waals surface area contributed by atoms with E-state index in [9.17, 15) is 12.8 Å². The number of nitrogens with zero attached hydrogens (tertiary/aromatic N) is 3. The molecule has 0 atom stereocenters. The largest absolute Gasteiger partial charge is 0.330 e. The van der Waals surface area contributed by atoms with Crippen LogP contribution in [0.25, 0.3) is 0 Å². The fraction of sp³-hybridized carbons (Fsp3) is 0.583. The Hall–Kier alpha value is -1.09. The molecule has 0 aromatic carbocycles. The summed E-state index contributed by atoms with van der Waals surface area (Å²) < 4.78 is 39.5. The molecule has 112 valence electrons. The Balaban J connectivity index is 2.04. The van der Waals surface area contributed by atoms with Gasteiger partial charge in [-0.15, -0.1) is 0 Å². The normalized spacial score (nSPS) is 18.3. The van der Waals surface area contributed by atoms with Gasteiger partial charge in [0, 0.05) is 32.4 Å². The zero-order valence-electron chi connectivity index (χ0n) is 11.2. The summed E-state index contributed by atoms with van der Waals surface area (Å²) in [5.41, 5.74) is 5.45. The molecule has 0 unspecified atom stereocenters. The lowest BCUT2D eigenvalue weighted by Crippen LogP contribution is -2.49. The van der Waals surface area contributed by atoms with Gasteiger partial charge in [-0.1, -0.05) is 0 Å². The summed E-state index contributed by atoms with van der Waals surface area (Å²) in [6.07, 6.45) is 2.18. The van der Waals surface area contributed by atoms with Crippen LogP contribution in [0.15, 0.2) is 23.4 Å². The molecule has 6 nitrogen and oxygen atoms in total. The smallest absolute Gasteiger partial charge is 0.263 e. The highest BCUT2D eigenvalue weighted by molar-refractivity contribution is 7.89. The van der Waals surface area contributed by atoms with Crippen molar-refractivity contribution in [3.63, 3.8) is 0 Å². The van der Waals surface area contributed by atoms with Gasteiger partial charge in [0.1, 0.15) is 0 Å². The number of halogens is 1. The Morgan fingerprint density at radius 1 is 1.30 bits per heavy atom. The van der Waals surface area contributed by atoms with Crippen LogP contribution < -0.4 is 5.73 Å². The highest BCUT2D eigenvalue weighted by atomic mass is 32.2. The van der Waals surface area contributed by atoms with Crippen LogP contribution in [0.2, 0.25) is 0 Å². The second-order valence-electron chi connectivity index (χ2n) is 4.68. The van der Waals surface area contributed by atoms with Crippen molar-refractivity contribution in [2.24, 2.45) is 5.73 Å². The summed E-state index contributed by atoms with van der Waals surface area (Å²) in [7, 11) is -3.84. The standard InChI is InChI=1S/C12H19FN4O2S/c13-11-3-1-5-15-12(11)20(18,19)17-9-7-16(8-10-17)6-2-4-14/h1,3,5H,2,4,6-10,14H2. The summed E-state index contributed by atoms with van der Waals surface area (Å²) in [5.74, 6) is -0.807. The van der Waals surface area contributed by atoms with Gasteiger partial charge in [0.2, 0.25) is 5.03 Å². The minimum absolute atomic E-state index is 0.350. The topological polar surface area (TPSA) is 79.5 Å². The van der Waals surface area contributed by atoms with E-state index in [1.807, 2.05) is 0 Å². The van der Waals surface area contributed by atoms with E-state index in [2.05, 4.69) is 9.88 Å². The van der Waals surface area contributed by atoms with Crippen molar-refractivity contribution in [1.82, 2.24) is 14.2 Å². The third-order valence-corrected chi connectivity index (χ3v) is 5.15. The molecule has 0 spiro atoms. The summed E-state index contributed by atoms with van der Waals surface area (Å²) in [6, 6.07) is 2.48. The van der Waals surface area contributed by atoms with Crippen molar-refractivity contribution in [3.05, 3.63) is 24.1 Å². The van der Waals surface area contributed by atoms with Crippen LogP contribution in [0, 0.1) is 5.82 Å². The quantitative estimate of drug-likeness (QED) is 0.820. The molecule has 20 heavy (non-hydrogen) atoms. The first-order valence-electron chi connectivity index (χ1n) is 6.59. The lowest BCUT2D eigenvalue weighted by Gasteiger charge is -2.33. The molecule has 1 fully saturated rings. The van der Waals surface area contributed by atoms with E-state index in [4.69, 9.17) is 5.73 Å². The Morgan fingerprint density at radius 3 is 2.60 bits per heavy atom. The molecule has 1 aliphatic heterocycles. The van der Waals surface area contributed by atoms with Gasteiger partial charge in [-0.05, 0) is 31.6 Å². The minimum Gasteiger partial charge on any atom is -0.330 e. The SMILES string of the molecule is NCCCN1CCN(S(=O)(=O)c2ncccc2F)CC1. The van der Waals surface area contributed by atoms with Crippen LogP contribution in [0.4, 0.5) is 4.39 Å². The molecular formula is C12H19FN4O2S. The number of hydrogen-bond donors (Lipinski definition) is 1. The van der Waals surface area contributed by atoms with E-state index in [1.54, 1.807) is 0 Å².